The molecule has 152 valence electrons. The molecule has 6 nitrogen and oxygen atoms in total. The van der Waals surface area contributed by atoms with Crippen LogP contribution in [-0.2, 0) is 9.47 Å². The third-order valence-electron chi connectivity index (χ3n) is 4.22. The molecule has 0 aliphatic carbocycles. The van der Waals surface area contributed by atoms with Crippen LogP contribution >= 0.6 is 22.9 Å². The maximum Gasteiger partial charge on any atom is 0.416 e. The van der Waals surface area contributed by atoms with Gasteiger partial charge in [0.05, 0.1) is 10.7 Å². The molecule has 0 atom stereocenters. The Hall–Kier alpha value is -1.77. The number of hydrogen-bond donors (Lipinski definition) is 0. The highest BCUT2D eigenvalue weighted by molar-refractivity contribution is 7.14. The summed E-state index contributed by atoms with van der Waals surface area (Å²) in [5.41, 5.74) is 0.307. The van der Waals surface area contributed by atoms with Crippen molar-refractivity contribution in [2.24, 2.45) is 5.92 Å². The number of aromatic nitrogens is 2. The van der Waals surface area contributed by atoms with Gasteiger partial charge in [-0.15, -0.1) is 11.3 Å². The van der Waals surface area contributed by atoms with Crippen molar-refractivity contribution >= 4 is 34.2 Å². The van der Waals surface area contributed by atoms with Gasteiger partial charge in [0.2, 0.25) is 5.95 Å². The van der Waals surface area contributed by atoms with Crippen molar-refractivity contribution in [2.45, 2.75) is 39.2 Å². The van der Waals surface area contributed by atoms with Gasteiger partial charge in [0.15, 0.2) is 5.13 Å². The Bertz CT molecular complexity index is 834. The Morgan fingerprint density at radius 2 is 2.14 bits per heavy atom. The number of thiazole rings is 1. The Balaban J connectivity index is 1.88. The van der Waals surface area contributed by atoms with E-state index < -0.39 is 17.6 Å². The lowest BCUT2D eigenvalue weighted by Crippen LogP contribution is -2.40. The van der Waals surface area contributed by atoms with Gasteiger partial charge < -0.3 is 9.47 Å². The summed E-state index contributed by atoms with van der Waals surface area (Å²) >= 11 is 7.43. The van der Waals surface area contributed by atoms with Crippen LogP contribution < -0.4 is 4.90 Å². The van der Waals surface area contributed by atoms with Crippen LogP contribution in [0.2, 0.25) is 5.02 Å². The fourth-order valence-electron chi connectivity index (χ4n) is 2.86. The van der Waals surface area contributed by atoms with E-state index in [-0.39, 0.29) is 0 Å². The maximum atomic E-state index is 13.5. The number of anilines is 1. The van der Waals surface area contributed by atoms with Crippen LogP contribution in [0.25, 0.3) is 11.3 Å². The fourth-order valence-corrected chi connectivity index (χ4v) is 3.88. The third kappa shape index (κ3) is 5.40. The van der Waals surface area contributed by atoms with Crippen molar-refractivity contribution in [2.75, 3.05) is 24.7 Å². The van der Waals surface area contributed by atoms with Crippen LogP contribution in [-0.4, -0.2) is 41.4 Å². The van der Waals surface area contributed by atoms with Crippen LogP contribution in [0.1, 0.15) is 33.6 Å². The molecule has 0 bridgehead atoms. The fraction of sp³-hybridized carbons (Fsp3) is 0.526. The van der Waals surface area contributed by atoms with E-state index >= 15 is 0 Å². The van der Waals surface area contributed by atoms with E-state index in [2.05, 4.69) is 9.97 Å². The van der Waals surface area contributed by atoms with E-state index in [1.54, 1.807) is 10.3 Å². The molecule has 2 aromatic heterocycles. The monoisotopic (exact) mass is 427 g/mol. The molecule has 28 heavy (non-hydrogen) atoms. The second kappa shape index (κ2) is 8.71. The second-order valence-corrected chi connectivity index (χ2v) is 8.89. The van der Waals surface area contributed by atoms with Gasteiger partial charge in [-0.25, -0.2) is 14.8 Å². The zero-order valence-corrected chi connectivity index (χ0v) is 17.6. The molecule has 2 aromatic rings. The van der Waals surface area contributed by atoms with Gasteiger partial charge >= 0.3 is 6.09 Å². The molecule has 1 fully saturated rings. The van der Waals surface area contributed by atoms with Crippen LogP contribution in [0.3, 0.4) is 0 Å². The molecule has 1 aliphatic heterocycles. The average Bonchev–Trinajstić information content (AvgIpc) is 3.10. The smallest absolute Gasteiger partial charge is 0.416 e. The van der Waals surface area contributed by atoms with Crippen LogP contribution in [0.15, 0.2) is 17.6 Å². The Kier molecular flexibility index (Phi) is 6.52. The topological polar surface area (TPSA) is 64.5 Å². The minimum atomic E-state index is -0.639. The summed E-state index contributed by atoms with van der Waals surface area (Å²) < 4.78 is 24.5. The minimum Gasteiger partial charge on any atom is -0.443 e. The summed E-state index contributed by atoms with van der Waals surface area (Å²) in [6, 6.07) is 1.23. The van der Waals surface area contributed by atoms with Gasteiger partial charge in [-0.2, -0.15) is 4.39 Å². The molecular formula is C19H23ClFN3O3S. The summed E-state index contributed by atoms with van der Waals surface area (Å²) in [6.07, 6.45) is 2.54. The van der Waals surface area contributed by atoms with E-state index in [0.717, 1.165) is 12.8 Å². The highest BCUT2D eigenvalue weighted by Gasteiger charge is 2.29. The van der Waals surface area contributed by atoms with Crippen LogP contribution in [0, 0.1) is 11.9 Å². The van der Waals surface area contributed by atoms with Crippen molar-refractivity contribution in [3.63, 3.8) is 0 Å². The number of nitrogens with zero attached hydrogens (tertiary/aromatic N) is 3. The van der Waals surface area contributed by atoms with Gasteiger partial charge in [0.1, 0.15) is 5.60 Å². The number of halogens is 2. The van der Waals surface area contributed by atoms with E-state index in [0.29, 0.717) is 47.1 Å². The Morgan fingerprint density at radius 1 is 1.43 bits per heavy atom. The van der Waals surface area contributed by atoms with Crippen LogP contribution in [0.4, 0.5) is 14.3 Å². The number of pyridine rings is 1. The first-order chi connectivity index (χ1) is 13.2. The SMILES string of the molecule is CC(C)(C)OC(=O)N(CC1CCOCC1)c1nc(-c2cc(F)ncc2Cl)cs1. The van der Waals surface area contributed by atoms with Gasteiger partial charge in [-0.05, 0) is 39.5 Å². The minimum absolute atomic E-state index is 0.298. The first-order valence-electron chi connectivity index (χ1n) is 9.08. The summed E-state index contributed by atoms with van der Waals surface area (Å²) in [5.74, 6) is -0.337. The highest BCUT2D eigenvalue weighted by Crippen LogP contribution is 2.33. The van der Waals surface area contributed by atoms with Gasteiger partial charge in [0.25, 0.3) is 0 Å². The largest absolute Gasteiger partial charge is 0.443 e. The highest BCUT2D eigenvalue weighted by atomic mass is 35.5. The van der Waals surface area contributed by atoms with Crippen LogP contribution in [0.5, 0.6) is 0 Å². The normalized spacial score (nSPS) is 15.5. The van der Waals surface area contributed by atoms with Gasteiger partial charge in [-0.3, -0.25) is 4.90 Å². The number of ether oxygens (including phenoxy) is 2. The number of hydrogen-bond acceptors (Lipinski definition) is 6. The quantitative estimate of drug-likeness (QED) is 0.630. The lowest BCUT2D eigenvalue weighted by Gasteiger charge is -2.30. The predicted octanol–water partition coefficient (Wildman–Crippen LogP) is 5.17. The summed E-state index contributed by atoms with van der Waals surface area (Å²) in [6.45, 7) is 7.33. The lowest BCUT2D eigenvalue weighted by atomic mass is 10.00. The van der Waals surface area contributed by atoms with E-state index in [1.165, 1.54) is 23.6 Å². The van der Waals surface area contributed by atoms with Crippen molar-refractivity contribution in [3.8, 4) is 11.3 Å². The molecule has 0 N–H and O–H groups in total. The zero-order chi connectivity index (χ0) is 20.3. The van der Waals surface area contributed by atoms with Crippen molar-refractivity contribution in [1.82, 2.24) is 9.97 Å². The van der Waals surface area contributed by atoms with Gasteiger partial charge in [0, 0.05) is 43.0 Å². The molecular weight excluding hydrogens is 405 g/mol. The second-order valence-electron chi connectivity index (χ2n) is 7.65. The molecule has 3 heterocycles. The molecule has 0 saturated carbocycles. The molecule has 1 saturated heterocycles. The average molecular weight is 428 g/mol. The van der Waals surface area contributed by atoms with Crippen molar-refractivity contribution in [3.05, 3.63) is 28.6 Å². The summed E-state index contributed by atoms with van der Waals surface area (Å²) in [7, 11) is 0. The van der Waals surface area contributed by atoms with E-state index in [9.17, 15) is 9.18 Å². The molecule has 3 rings (SSSR count). The first kappa shape index (κ1) is 21.0. The van der Waals surface area contributed by atoms with E-state index in [1.807, 2.05) is 20.8 Å². The number of amides is 1. The standard InChI is InChI=1S/C19H23ClFN3O3S/c1-19(2,3)27-18(25)24(10-12-4-6-26-7-5-12)17-23-15(11-28-17)13-8-16(21)22-9-14(13)20/h8-9,11-12H,4-7,10H2,1-3H3. The first-order valence-corrected chi connectivity index (χ1v) is 10.3. The molecule has 0 radical (unpaired) electrons. The molecule has 0 aromatic carbocycles. The van der Waals surface area contributed by atoms with Gasteiger partial charge in [-0.1, -0.05) is 11.6 Å². The number of carbonyl (C=O) groups excluding carboxylic acids is 1. The third-order valence-corrected chi connectivity index (χ3v) is 5.38. The lowest BCUT2D eigenvalue weighted by molar-refractivity contribution is 0.0515. The predicted molar refractivity (Wildman–Crippen MR) is 107 cm³/mol. The molecule has 9 heteroatoms. The Morgan fingerprint density at radius 3 is 2.82 bits per heavy atom. The Labute approximate surface area is 172 Å². The van der Waals surface area contributed by atoms with E-state index in [4.69, 9.17) is 21.1 Å². The molecule has 1 aliphatic rings. The molecule has 0 spiro atoms. The number of carbonyl (C=O) groups is 1. The maximum absolute atomic E-state index is 13.5. The summed E-state index contributed by atoms with van der Waals surface area (Å²) in [5, 5.41) is 2.53. The number of rotatable bonds is 4. The van der Waals surface area contributed by atoms with Crippen molar-refractivity contribution in [1.29, 1.82) is 0 Å². The zero-order valence-electron chi connectivity index (χ0n) is 16.1. The molecule has 0 unspecified atom stereocenters. The molecule has 1 amide bonds. The van der Waals surface area contributed by atoms with Crippen molar-refractivity contribution < 1.29 is 18.7 Å². The summed E-state index contributed by atoms with van der Waals surface area (Å²) in [4.78, 5) is 22.5.